The Morgan fingerprint density at radius 3 is 2.18 bits per heavy atom. The van der Waals surface area contributed by atoms with Crippen LogP contribution in [0.5, 0.6) is 0 Å². The fraction of sp³-hybridized carbons (Fsp3) is 0. The van der Waals surface area contributed by atoms with Crippen LogP contribution in [0.25, 0.3) is 0 Å². The highest BCUT2D eigenvalue weighted by atomic mass is 15.0. The molecule has 0 radical (unpaired) electrons. The summed E-state index contributed by atoms with van der Waals surface area (Å²) in [4.78, 5) is 8.12. The summed E-state index contributed by atoms with van der Waals surface area (Å²) in [6.07, 6.45) is 2.98. The van der Waals surface area contributed by atoms with Gasteiger partial charge >= 0.3 is 0 Å². The van der Waals surface area contributed by atoms with E-state index in [1.54, 1.807) is 0 Å². The quantitative estimate of drug-likeness (QED) is 0.762. The highest BCUT2D eigenvalue weighted by Gasteiger charge is 2.00. The van der Waals surface area contributed by atoms with Crippen LogP contribution in [0.4, 0.5) is 22.9 Å². The lowest BCUT2D eigenvalue weighted by atomic mass is 10.2. The third-order valence-corrected chi connectivity index (χ3v) is 2.96. The number of aromatic nitrogens is 2. The maximum absolute atomic E-state index is 8.71. The van der Waals surface area contributed by atoms with Crippen LogP contribution < -0.4 is 10.6 Å². The predicted molar refractivity (Wildman–Crippen MR) is 86.2 cm³/mol. The van der Waals surface area contributed by atoms with E-state index in [0.717, 1.165) is 17.1 Å². The molecule has 5 heteroatoms. The van der Waals surface area contributed by atoms with Gasteiger partial charge < -0.3 is 10.6 Å². The van der Waals surface area contributed by atoms with Crippen molar-refractivity contribution in [3.05, 3.63) is 72.7 Å². The topological polar surface area (TPSA) is 73.6 Å². The van der Waals surface area contributed by atoms with E-state index in [9.17, 15) is 0 Å². The Hall–Kier alpha value is -3.39. The van der Waals surface area contributed by atoms with Gasteiger partial charge in [0.05, 0.1) is 12.4 Å². The molecular formula is C17H13N5. The first-order valence-corrected chi connectivity index (χ1v) is 6.75. The van der Waals surface area contributed by atoms with Crippen molar-refractivity contribution in [3.8, 4) is 6.07 Å². The van der Waals surface area contributed by atoms with Crippen LogP contribution in [0, 0.1) is 11.3 Å². The van der Waals surface area contributed by atoms with Crippen molar-refractivity contribution in [1.29, 1.82) is 5.26 Å². The van der Waals surface area contributed by atoms with Gasteiger partial charge in [-0.1, -0.05) is 24.3 Å². The molecule has 5 nitrogen and oxygen atoms in total. The van der Waals surface area contributed by atoms with Gasteiger partial charge in [-0.2, -0.15) is 5.26 Å². The molecule has 106 valence electrons. The molecule has 2 aromatic carbocycles. The zero-order valence-corrected chi connectivity index (χ0v) is 11.7. The lowest BCUT2D eigenvalue weighted by Gasteiger charge is -2.09. The molecule has 0 aliphatic rings. The van der Waals surface area contributed by atoms with Crippen molar-refractivity contribution in [2.75, 3.05) is 10.6 Å². The SMILES string of the molecule is N#Cc1cnc(Nc2cccc(Nc3ccccc3)c2)cn1. The normalized spacial score (nSPS) is 9.77. The molecule has 3 rings (SSSR count). The van der Waals surface area contributed by atoms with Crippen LogP contribution in [0.3, 0.4) is 0 Å². The number of nitrogens with one attached hydrogen (secondary N) is 2. The Balaban J connectivity index is 1.74. The summed E-state index contributed by atoms with van der Waals surface area (Å²) >= 11 is 0. The van der Waals surface area contributed by atoms with Crippen LogP contribution in [-0.4, -0.2) is 9.97 Å². The highest BCUT2D eigenvalue weighted by Crippen LogP contribution is 2.21. The Kier molecular flexibility index (Phi) is 3.94. The van der Waals surface area contributed by atoms with Gasteiger partial charge in [-0.25, -0.2) is 9.97 Å². The molecule has 3 aromatic rings. The van der Waals surface area contributed by atoms with Gasteiger partial charge in [0.1, 0.15) is 11.9 Å². The molecule has 2 N–H and O–H groups in total. The molecule has 0 bridgehead atoms. The van der Waals surface area contributed by atoms with E-state index in [4.69, 9.17) is 5.26 Å². The molecule has 0 aliphatic carbocycles. The lowest BCUT2D eigenvalue weighted by molar-refractivity contribution is 1.16. The second-order valence-corrected chi connectivity index (χ2v) is 4.60. The average Bonchev–Trinajstić information content (AvgIpc) is 2.57. The molecule has 0 fully saturated rings. The number of nitrogens with zero attached hydrogens (tertiary/aromatic N) is 3. The molecule has 0 atom stereocenters. The molecule has 22 heavy (non-hydrogen) atoms. The molecule has 0 amide bonds. The third kappa shape index (κ3) is 3.38. The summed E-state index contributed by atoms with van der Waals surface area (Å²) in [5, 5.41) is 15.2. The van der Waals surface area contributed by atoms with Gasteiger partial charge in [0.15, 0.2) is 5.69 Å². The predicted octanol–water partition coefficient (Wildman–Crippen LogP) is 3.84. The van der Waals surface area contributed by atoms with Gasteiger partial charge in [0, 0.05) is 17.1 Å². The molecular weight excluding hydrogens is 274 g/mol. The van der Waals surface area contributed by atoms with Crippen molar-refractivity contribution in [2.45, 2.75) is 0 Å². The molecule has 0 aliphatic heterocycles. The fourth-order valence-electron chi connectivity index (χ4n) is 1.96. The lowest BCUT2D eigenvalue weighted by Crippen LogP contribution is -1.96. The number of rotatable bonds is 4. The van der Waals surface area contributed by atoms with Crippen LogP contribution in [0.1, 0.15) is 5.69 Å². The van der Waals surface area contributed by atoms with Crippen LogP contribution in [0.15, 0.2) is 67.0 Å². The fourth-order valence-corrected chi connectivity index (χ4v) is 1.96. The molecule has 0 saturated heterocycles. The van der Waals surface area contributed by atoms with Crippen molar-refractivity contribution in [1.82, 2.24) is 9.97 Å². The standard InChI is InChI=1S/C17H13N5/c18-10-16-11-20-17(12-19-16)22-15-8-4-7-14(9-15)21-13-5-2-1-3-6-13/h1-9,11-12,21H,(H,20,22). The molecule has 0 spiro atoms. The summed E-state index contributed by atoms with van der Waals surface area (Å²) in [6.45, 7) is 0. The zero-order chi connectivity index (χ0) is 15.2. The minimum Gasteiger partial charge on any atom is -0.355 e. The first kappa shape index (κ1) is 13.6. The minimum atomic E-state index is 0.296. The minimum absolute atomic E-state index is 0.296. The maximum Gasteiger partial charge on any atom is 0.158 e. The van der Waals surface area contributed by atoms with Gasteiger partial charge in [-0.15, -0.1) is 0 Å². The Labute approximate surface area is 128 Å². The molecule has 1 heterocycles. The zero-order valence-electron chi connectivity index (χ0n) is 11.7. The van der Waals surface area contributed by atoms with Crippen LogP contribution in [0.2, 0.25) is 0 Å². The molecule has 0 saturated carbocycles. The number of nitriles is 1. The van der Waals surface area contributed by atoms with E-state index in [2.05, 4.69) is 20.6 Å². The van der Waals surface area contributed by atoms with E-state index in [1.165, 1.54) is 12.4 Å². The number of anilines is 4. The van der Waals surface area contributed by atoms with E-state index in [1.807, 2.05) is 60.7 Å². The second kappa shape index (κ2) is 6.37. The van der Waals surface area contributed by atoms with E-state index in [0.29, 0.717) is 11.5 Å². The number of hydrogen-bond donors (Lipinski definition) is 2. The van der Waals surface area contributed by atoms with Crippen molar-refractivity contribution in [3.63, 3.8) is 0 Å². The number of benzene rings is 2. The average molecular weight is 287 g/mol. The van der Waals surface area contributed by atoms with E-state index in [-0.39, 0.29) is 0 Å². The summed E-state index contributed by atoms with van der Waals surface area (Å²) < 4.78 is 0. The first-order chi connectivity index (χ1) is 10.8. The van der Waals surface area contributed by atoms with Crippen LogP contribution in [-0.2, 0) is 0 Å². The first-order valence-electron chi connectivity index (χ1n) is 6.75. The van der Waals surface area contributed by atoms with Crippen molar-refractivity contribution < 1.29 is 0 Å². The van der Waals surface area contributed by atoms with Gasteiger partial charge in [0.2, 0.25) is 0 Å². The smallest absolute Gasteiger partial charge is 0.158 e. The Morgan fingerprint density at radius 2 is 1.50 bits per heavy atom. The van der Waals surface area contributed by atoms with Crippen molar-refractivity contribution in [2.24, 2.45) is 0 Å². The largest absolute Gasteiger partial charge is 0.355 e. The maximum atomic E-state index is 8.71. The second-order valence-electron chi connectivity index (χ2n) is 4.60. The summed E-state index contributed by atoms with van der Waals surface area (Å²) in [5.41, 5.74) is 3.18. The van der Waals surface area contributed by atoms with Crippen molar-refractivity contribution >= 4 is 22.9 Å². The molecule has 1 aromatic heterocycles. The van der Waals surface area contributed by atoms with Gasteiger partial charge in [0.25, 0.3) is 0 Å². The number of hydrogen-bond acceptors (Lipinski definition) is 5. The van der Waals surface area contributed by atoms with Gasteiger partial charge in [-0.3, -0.25) is 0 Å². The van der Waals surface area contributed by atoms with Gasteiger partial charge in [-0.05, 0) is 30.3 Å². The van der Waals surface area contributed by atoms with Crippen LogP contribution >= 0.6 is 0 Å². The highest BCUT2D eigenvalue weighted by molar-refractivity contribution is 5.66. The monoisotopic (exact) mass is 287 g/mol. The van der Waals surface area contributed by atoms with E-state index < -0.39 is 0 Å². The Bertz CT molecular complexity index is 791. The molecule has 0 unspecified atom stereocenters. The Morgan fingerprint density at radius 1 is 0.773 bits per heavy atom. The summed E-state index contributed by atoms with van der Waals surface area (Å²) in [6, 6.07) is 19.8. The summed E-state index contributed by atoms with van der Waals surface area (Å²) in [7, 11) is 0. The summed E-state index contributed by atoms with van der Waals surface area (Å²) in [5.74, 6) is 0.593. The van der Waals surface area contributed by atoms with E-state index >= 15 is 0 Å². The number of para-hydroxylation sites is 1. The third-order valence-electron chi connectivity index (χ3n) is 2.96.